The van der Waals surface area contributed by atoms with Crippen LogP contribution in [-0.4, -0.2) is 16.5 Å². The Hall–Kier alpha value is -1.87. The topological polar surface area (TPSA) is 74.5 Å². The van der Waals surface area contributed by atoms with E-state index in [1.54, 1.807) is 6.20 Å². The summed E-state index contributed by atoms with van der Waals surface area (Å²) in [5.74, 6) is 0.686. The van der Waals surface area contributed by atoms with Gasteiger partial charge in [-0.2, -0.15) is 0 Å². The van der Waals surface area contributed by atoms with Crippen molar-refractivity contribution in [3.05, 3.63) is 40.3 Å². The van der Waals surface area contributed by atoms with Crippen molar-refractivity contribution in [3.63, 3.8) is 0 Å². The Kier molecular flexibility index (Phi) is 4.17. The lowest BCUT2D eigenvalue weighted by Crippen LogP contribution is -1.88. The van der Waals surface area contributed by atoms with Crippen LogP contribution in [0.2, 0.25) is 0 Å². The van der Waals surface area contributed by atoms with Gasteiger partial charge in [0.25, 0.3) is 0 Å². The lowest BCUT2D eigenvalue weighted by molar-refractivity contribution is 0.992. The highest BCUT2D eigenvalue weighted by molar-refractivity contribution is 5.39. The van der Waals surface area contributed by atoms with E-state index in [-0.39, 0.29) is 0 Å². The number of aryl methyl sites for hydroxylation is 1. The highest BCUT2D eigenvalue weighted by Crippen LogP contribution is 1.97. The minimum absolute atomic E-state index is 0.471. The monoisotopic (exact) mass is 189 g/mol. The summed E-state index contributed by atoms with van der Waals surface area (Å²) in [6.07, 6.45) is 6.14. The molecule has 0 unspecified atom stereocenters. The van der Waals surface area contributed by atoms with Gasteiger partial charge in [-0.15, -0.1) is 0 Å². The molecule has 0 fully saturated rings. The van der Waals surface area contributed by atoms with Gasteiger partial charge in [-0.25, -0.2) is 9.97 Å². The van der Waals surface area contributed by atoms with Gasteiger partial charge in [0, 0.05) is 23.3 Å². The molecule has 1 aromatic rings. The molecule has 0 radical (unpaired) electrons. The molecular formula is C9H11N5. The molecule has 0 amide bonds. The maximum absolute atomic E-state index is 8.03. The zero-order valence-corrected chi connectivity index (χ0v) is 7.96. The zero-order chi connectivity index (χ0) is 10.2. The SMILES string of the molecule is Cc1ccnc(C=CCCN=[N+]=[N-])n1. The fraction of sp³-hybridized carbons (Fsp3) is 0.333. The van der Waals surface area contributed by atoms with Crippen LogP contribution in [0.3, 0.4) is 0 Å². The number of hydrogen-bond donors (Lipinski definition) is 0. The Morgan fingerprint density at radius 1 is 1.64 bits per heavy atom. The average molecular weight is 189 g/mol. The summed E-state index contributed by atoms with van der Waals surface area (Å²) < 4.78 is 0. The van der Waals surface area contributed by atoms with Crippen LogP contribution in [0.5, 0.6) is 0 Å². The Morgan fingerprint density at radius 3 is 3.21 bits per heavy atom. The van der Waals surface area contributed by atoms with Crippen molar-refractivity contribution < 1.29 is 0 Å². The van der Waals surface area contributed by atoms with E-state index in [0.29, 0.717) is 18.8 Å². The Balaban J connectivity index is 2.47. The summed E-state index contributed by atoms with van der Waals surface area (Å²) in [7, 11) is 0. The molecule has 0 aromatic carbocycles. The highest BCUT2D eigenvalue weighted by Gasteiger charge is 1.89. The van der Waals surface area contributed by atoms with Gasteiger partial charge in [0.15, 0.2) is 5.82 Å². The summed E-state index contributed by atoms with van der Waals surface area (Å²) in [4.78, 5) is 10.9. The Morgan fingerprint density at radius 2 is 2.50 bits per heavy atom. The third-order valence-corrected chi connectivity index (χ3v) is 1.54. The molecule has 1 aromatic heterocycles. The first-order chi connectivity index (χ1) is 6.83. The van der Waals surface area contributed by atoms with Gasteiger partial charge in [-0.3, -0.25) is 0 Å². The molecule has 0 saturated carbocycles. The van der Waals surface area contributed by atoms with Crippen molar-refractivity contribution in [1.82, 2.24) is 9.97 Å². The molecule has 0 N–H and O–H groups in total. The molecule has 0 saturated heterocycles. The third kappa shape index (κ3) is 3.69. The molecule has 1 rings (SSSR count). The zero-order valence-electron chi connectivity index (χ0n) is 7.96. The molecule has 72 valence electrons. The van der Waals surface area contributed by atoms with E-state index in [2.05, 4.69) is 20.0 Å². The lowest BCUT2D eigenvalue weighted by atomic mass is 10.3. The van der Waals surface area contributed by atoms with Crippen molar-refractivity contribution in [2.45, 2.75) is 13.3 Å². The van der Waals surface area contributed by atoms with E-state index in [1.165, 1.54) is 0 Å². The van der Waals surface area contributed by atoms with Gasteiger partial charge in [0.05, 0.1) is 0 Å². The molecule has 5 heteroatoms. The maximum atomic E-state index is 8.03. The Bertz CT molecular complexity index is 365. The molecule has 14 heavy (non-hydrogen) atoms. The summed E-state index contributed by atoms with van der Waals surface area (Å²) in [5.41, 5.74) is 8.97. The number of nitrogens with zero attached hydrogens (tertiary/aromatic N) is 5. The molecular weight excluding hydrogens is 178 g/mol. The quantitative estimate of drug-likeness (QED) is 0.316. The molecule has 0 aliphatic rings. The van der Waals surface area contributed by atoms with Crippen LogP contribution in [-0.2, 0) is 0 Å². The largest absolute Gasteiger partial charge is 0.237 e. The fourth-order valence-electron chi connectivity index (χ4n) is 0.914. The summed E-state index contributed by atoms with van der Waals surface area (Å²) >= 11 is 0. The van der Waals surface area contributed by atoms with Crippen molar-refractivity contribution in [2.75, 3.05) is 6.54 Å². The number of rotatable bonds is 4. The van der Waals surface area contributed by atoms with E-state index >= 15 is 0 Å². The standard InChI is InChI=1S/C9H11N5/c1-8-5-7-11-9(13-8)4-2-3-6-12-14-10/h2,4-5,7H,3,6H2,1H3. The van der Waals surface area contributed by atoms with Gasteiger partial charge >= 0.3 is 0 Å². The van der Waals surface area contributed by atoms with Crippen LogP contribution in [0, 0.1) is 6.92 Å². The van der Waals surface area contributed by atoms with E-state index < -0.39 is 0 Å². The van der Waals surface area contributed by atoms with Gasteiger partial charge in [0.2, 0.25) is 0 Å². The van der Waals surface area contributed by atoms with Crippen LogP contribution in [0.15, 0.2) is 23.5 Å². The third-order valence-electron chi connectivity index (χ3n) is 1.54. The summed E-state index contributed by atoms with van der Waals surface area (Å²) in [5, 5.41) is 3.41. The molecule has 0 aliphatic carbocycles. The van der Waals surface area contributed by atoms with Gasteiger partial charge in [0.1, 0.15) is 0 Å². The molecule has 1 heterocycles. The number of hydrogen-bond acceptors (Lipinski definition) is 3. The van der Waals surface area contributed by atoms with Crippen LogP contribution in [0.25, 0.3) is 16.5 Å². The van der Waals surface area contributed by atoms with Crippen LogP contribution in [0.1, 0.15) is 17.9 Å². The first-order valence-electron chi connectivity index (χ1n) is 4.30. The van der Waals surface area contributed by atoms with Crippen molar-refractivity contribution in [1.29, 1.82) is 0 Å². The first-order valence-corrected chi connectivity index (χ1v) is 4.30. The summed E-state index contributed by atoms with van der Waals surface area (Å²) in [6.45, 7) is 2.39. The number of aromatic nitrogens is 2. The maximum Gasteiger partial charge on any atom is 0.151 e. The fourth-order valence-corrected chi connectivity index (χ4v) is 0.914. The molecule has 0 atom stereocenters. The van der Waals surface area contributed by atoms with Gasteiger partial charge < -0.3 is 0 Å². The number of azide groups is 1. The van der Waals surface area contributed by atoms with Gasteiger partial charge in [-0.1, -0.05) is 11.2 Å². The summed E-state index contributed by atoms with van der Waals surface area (Å²) in [6, 6.07) is 1.84. The highest BCUT2D eigenvalue weighted by atomic mass is 15.1. The normalized spacial score (nSPS) is 10.1. The minimum atomic E-state index is 0.471. The van der Waals surface area contributed by atoms with Crippen molar-refractivity contribution in [3.8, 4) is 0 Å². The van der Waals surface area contributed by atoms with Crippen LogP contribution in [0.4, 0.5) is 0 Å². The second-order valence-electron chi connectivity index (χ2n) is 2.70. The second-order valence-corrected chi connectivity index (χ2v) is 2.70. The lowest BCUT2D eigenvalue weighted by Gasteiger charge is -1.92. The van der Waals surface area contributed by atoms with E-state index in [4.69, 9.17) is 5.53 Å². The first kappa shape index (κ1) is 10.2. The van der Waals surface area contributed by atoms with E-state index in [0.717, 1.165) is 5.69 Å². The smallest absolute Gasteiger partial charge is 0.151 e. The van der Waals surface area contributed by atoms with E-state index in [1.807, 2.05) is 25.1 Å². The van der Waals surface area contributed by atoms with Gasteiger partial charge in [-0.05, 0) is 31.0 Å². The minimum Gasteiger partial charge on any atom is -0.237 e. The molecule has 5 nitrogen and oxygen atoms in total. The van der Waals surface area contributed by atoms with Crippen molar-refractivity contribution in [2.24, 2.45) is 5.11 Å². The molecule has 0 aliphatic heterocycles. The predicted molar refractivity (Wildman–Crippen MR) is 54.4 cm³/mol. The second kappa shape index (κ2) is 5.72. The average Bonchev–Trinajstić information content (AvgIpc) is 2.18. The Labute approximate surface area is 82.1 Å². The molecule has 0 spiro atoms. The van der Waals surface area contributed by atoms with Crippen LogP contribution < -0.4 is 0 Å². The van der Waals surface area contributed by atoms with E-state index in [9.17, 15) is 0 Å². The predicted octanol–water partition coefficient (Wildman–Crippen LogP) is 2.50. The van der Waals surface area contributed by atoms with Crippen LogP contribution >= 0.6 is 0 Å². The van der Waals surface area contributed by atoms with Crippen molar-refractivity contribution >= 4 is 6.08 Å². The molecule has 0 bridgehead atoms.